The van der Waals surface area contributed by atoms with Crippen molar-refractivity contribution < 1.29 is 4.79 Å². The number of rotatable bonds is 9. The summed E-state index contributed by atoms with van der Waals surface area (Å²) in [5, 5.41) is 4.22. The first-order chi connectivity index (χ1) is 16.9. The van der Waals surface area contributed by atoms with Crippen molar-refractivity contribution in [1.29, 1.82) is 0 Å². The summed E-state index contributed by atoms with van der Waals surface area (Å²) in [4.78, 5) is 13.0. The summed E-state index contributed by atoms with van der Waals surface area (Å²) < 4.78 is 0. The second-order valence-corrected chi connectivity index (χ2v) is 14.6. The van der Waals surface area contributed by atoms with E-state index in [0.29, 0.717) is 6.42 Å². The number of hydrogen-bond acceptors (Lipinski definition) is 1. The zero-order chi connectivity index (χ0) is 24.7. The van der Waals surface area contributed by atoms with Gasteiger partial charge in [-0.3, -0.25) is 0 Å². The van der Waals surface area contributed by atoms with Crippen LogP contribution in [-0.4, -0.2) is 11.9 Å². The van der Waals surface area contributed by atoms with Crippen molar-refractivity contribution in [3.8, 4) is 0 Å². The maximum atomic E-state index is 13.0. The van der Waals surface area contributed by atoms with Crippen molar-refractivity contribution in [3.05, 3.63) is 114 Å². The summed E-state index contributed by atoms with van der Waals surface area (Å²) in [6, 6.07) is 32.9. The number of carbonyl (C=O) groups excluding carboxylic acids is 1. The second-order valence-electron chi connectivity index (χ2n) is 10.6. The quantitative estimate of drug-likeness (QED) is 0.234. The van der Waals surface area contributed by atoms with Gasteiger partial charge in [-0.15, -0.1) is 0 Å². The SMILES string of the molecule is CC1=C(/C=C/C(=O)CCC[PH](c2ccccc2)(c2ccccc2)c2ccccc2)C(C)(C)CCC1. The van der Waals surface area contributed by atoms with E-state index >= 15 is 0 Å². The van der Waals surface area contributed by atoms with E-state index in [1.54, 1.807) is 0 Å². The Bertz CT molecular complexity index is 1080. The van der Waals surface area contributed by atoms with Gasteiger partial charge in [-0.25, -0.2) is 0 Å². The molecule has 0 N–H and O–H groups in total. The van der Waals surface area contributed by atoms with Gasteiger partial charge in [-0.2, -0.15) is 0 Å². The Morgan fingerprint density at radius 1 is 0.829 bits per heavy atom. The molecule has 3 aromatic carbocycles. The molecule has 3 aromatic rings. The molecule has 0 bridgehead atoms. The summed E-state index contributed by atoms with van der Waals surface area (Å²) in [5.74, 6) is 0.240. The van der Waals surface area contributed by atoms with Crippen molar-refractivity contribution in [2.24, 2.45) is 5.41 Å². The molecular formula is C33H39OP. The zero-order valence-electron chi connectivity index (χ0n) is 21.5. The van der Waals surface area contributed by atoms with E-state index in [0.717, 1.165) is 19.0 Å². The van der Waals surface area contributed by atoms with Gasteiger partial charge in [0.1, 0.15) is 0 Å². The Balaban J connectivity index is 1.60. The Labute approximate surface area is 212 Å². The molecule has 0 atom stereocenters. The molecule has 0 heterocycles. The molecule has 0 unspecified atom stereocenters. The minimum atomic E-state index is -2.27. The third kappa shape index (κ3) is 5.74. The molecule has 1 nitrogen and oxygen atoms in total. The van der Waals surface area contributed by atoms with Crippen LogP contribution in [0, 0.1) is 5.41 Å². The number of benzene rings is 3. The van der Waals surface area contributed by atoms with Crippen molar-refractivity contribution in [1.82, 2.24) is 0 Å². The topological polar surface area (TPSA) is 17.1 Å². The fourth-order valence-electron chi connectivity index (χ4n) is 5.90. The van der Waals surface area contributed by atoms with Crippen LogP contribution >= 0.6 is 7.26 Å². The van der Waals surface area contributed by atoms with Crippen LogP contribution in [-0.2, 0) is 4.79 Å². The maximum absolute atomic E-state index is 13.0. The molecule has 1 aliphatic carbocycles. The number of carbonyl (C=O) groups is 1. The Morgan fingerprint density at radius 2 is 1.31 bits per heavy atom. The van der Waals surface area contributed by atoms with Gasteiger partial charge in [-0.05, 0) is 0 Å². The third-order valence-corrected chi connectivity index (χ3v) is 12.8. The van der Waals surface area contributed by atoms with Crippen molar-refractivity contribution in [3.63, 3.8) is 0 Å². The van der Waals surface area contributed by atoms with Crippen LogP contribution in [0.3, 0.4) is 0 Å². The molecule has 35 heavy (non-hydrogen) atoms. The van der Waals surface area contributed by atoms with Crippen LogP contribution in [0.4, 0.5) is 0 Å². The molecule has 182 valence electrons. The van der Waals surface area contributed by atoms with Crippen LogP contribution in [0.1, 0.15) is 52.9 Å². The number of ketones is 1. The number of hydrogen-bond donors (Lipinski definition) is 0. The fraction of sp³-hybridized carbons (Fsp3) is 0.303. The predicted molar refractivity (Wildman–Crippen MR) is 155 cm³/mol. The molecule has 0 amide bonds. The minimum absolute atomic E-state index is 0.162. The van der Waals surface area contributed by atoms with Crippen LogP contribution in [0.2, 0.25) is 0 Å². The third-order valence-electron chi connectivity index (χ3n) is 7.75. The van der Waals surface area contributed by atoms with Crippen LogP contribution in [0.5, 0.6) is 0 Å². The second kappa shape index (κ2) is 11.3. The summed E-state index contributed by atoms with van der Waals surface area (Å²) >= 11 is 0. The molecule has 0 spiro atoms. The summed E-state index contributed by atoms with van der Waals surface area (Å²) in [6.07, 6.45) is 10.0. The summed E-state index contributed by atoms with van der Waals surface area (Å²) in [6.45, 7) is 6.84. The average Bonchev–Trinajstić information content (AvgIpc) is 2.88. The van der Waals surface area contributed by atoms with Gasteiger partial charge in [0.25, 0.3) is 0 Å². The average molecular weight is 483 g/mol. The van der Waals surface area contributed by atoms with E-state index in [1.165, 1.54) is 39.9 Å². The molecule has 1 aliphatic rings. The van der Waals surface area contributed by atoms with Gasteiger partial charge >= 0.3 is 212 Å². The molecule has 0 saturated carbocycles. The van der Waals surface area contributed by atoms with E-state index in [2.05, 4.69) is 118 Å². The van der Waals surface area contributed by atoms with Gasteiger partial charge in [0.2, 0.25) is 0 Å². The predicted octanol–water partition coefficient (Wildman–Crippen LogP) is 7.14. The van der Waals surface area contributed by atoms with Gasteiger partial charge in [0.05, 0.1) is 0 Å². The first-order valence-corrected chi connectivity index (χ1v) is 15.2. The Morgan fingerprint density at radius 3 is 1.77 bits per heavy atom. The monoisotopic (exact) mass is 482 g/mol. The molecule has 0 aromatic heterocycles. The van der Waals surface area contributed by atoms with Crippen molar-refractivity contribution >= 4 is 29.0 Å². The van der Waals surface area contributed by atoms with E-state index in [-0.39, 0.29) is 11.2 Å². The van der Waals surface area contributed by atoms with Gasteiger partial charge in [0, 0.05) is 0 Å². The molecule has 4 rings (SSSR count). The standard InChI is InChI=1S/C33H39OP/c1-27-15-13-25-33(2,3)32(27)24-23-28(34)16-14-26-35(29-17-7-4-8-18-29,30-19-9-5-10-20-30)31-21-11-6-12-22-31/h4-12,17-24,35H,13-16,25-26H2,1-3H3/b24-23+. The fourth-order valence-corrected chi connectivity index (χ4v) is 10.8. The number of allylic oxidation sites excluding steroid dienone is 4. The van der Waals surface area contributed by atoms with Crippen molar-refractivity contribution in [2.75, 3.05) is 6.16 Å². The van der Waals surface area contributed by atoms with Crippen LogP contribution in [0.15, 0.2) is 114 Å². The van der Waals surface area contributed by atoms with Crippen LogP contribution in [0.25, 0.3) is 0 Å². The Hall–Kier alpha value is -2.76. The first-order valence-electron chi connectivity index (χ1n) is 13.0. The molecule has 0 fully saturated rings. The summed E-state index contributed by atoms with van der Waals surface area (Å²) in [5.41, 5.74) is 2.96. The Kier molecular flexibility index (Phi) is 8.19. The van der Waals surface area contributed by atoms with Gasteiger partial charge < -0.3 is 0 Å². The van der Waals surface area contributed by atoms with Gasteiger partial charge in [0.15, 0.2) is 0 Å². The van der Waals surface area contributed by atoms with E-state index in [9.17, 15) is 4.79 Å². The van der Waals surface area contributed by atoms with E-state index in [4.69, 9.17) is 0 Å². The first kappa shape index (κ1) is 25.3. The molecular weight excluding hydrogens is 443 g/mol. The van der Waals surface area contributed by atoms with Crippen LogP contribution < -0.4 is 15.9 Å². The molecule has 0 saturated heterocycles. The summed E-state index contributed by atoms with van der Waals surface area (Å²) in [7, 11) is -2.27. The zero-order valence-corrected chi connectivity index (χ0v) is 22.5. The molecule has 0 radical (unpaired) electrons. The van der Waals surface area contributed by atoms with Gasteiger partial charge in [-0.1, -0.05) is 0 Å². The van der Waals surface area contributed by atoms with E-state index in [1.807, 2.05) is 6.08 Å². The molecule has 2 heteroatoms. The normalized spacial score (nSPS) is 16.4. The van der Waals surface area contributed by atoms with Crippen molar-refractivity contribution in [2.45, 2.75) is 52.9 Å². The van der Waals surface area contributed by atoms with E-state index < -0.39 is 7.26 Å². The molecule has 0 aliphatic heterocycles.